The number of hydrogen-bond acceptors (Lipinski definition) is 2. The Morgan fingerprint density at radius 1 is 0.421 bits per heavy atom. The zero-order valence-corrected chi connectivity index (χ0v) is 23.3. The van der Waals surface area contributed by atoms with Gasteiger partial charge in [-0.05, 0) is 96.5 Å². The SMILES string of the molecule is c1ccc(CCCCc2cc3ccc4c(c3s2)-c2ccc3cc(CCCCc5ccccc5)sc3c2-4)cc1. The Kier molecular flexibility index (Phi) is 6.61. The van der Waals surface area contributed by atoms with Crippen molar-refractivity contribution in [1.82, 2.24) is 0 Å². The first kappa shape index (κ1) is 23.9. The van der Waals surface area contributed by atoms with Crippen molar-refractivity contribution < 1.29 is 0 Å². The van der Waals surface area contributed by atoms with Crippen molar-refractivity contribution in [2.45, 2.75) is 51.4 Å². The van der Waals surface area contributed by atoms with Crippen LogP contribution in [-0.2, 0) is 25.7 Å². The van der Waals surface area contributed by atoms with Crippen molar-refractivity contribution in [3.05, 3.63) is 118 Å². The quantitative estimate of drug-likeness (QED) is 0.155. The molecular formula is C36H32S2. The summed E-state index contributed by atoms with van der Waals surface area (Å²) in [5, 5.41) is 2.84. The number of thiophene rings is 2. The van der Waals surface area contributed by atoms with Gasteiger partial charge in [0.25, 0.3) is 0 Å². The molecule has 1 aliphatic carbocycles. The Hall–Kier alpha value is -3.20. The molecule has 0 atom stereocenters. The van der Waals surface area contributed by atoms with Crippen LogP contribution in [-0.4, -0.2) is 0 Å². The van der Waals surface area contributed by atoms with Crippen LogP contribution in [0.3, 0.4) is 0 Å². The average Bonchev–Trinajstić information content (AvgIpc) is 3.54. The van der Waals surface area contributed by atoms with Gasteiger partial charge in [-0.25, -0.2) is 0 Å². The van der Waals surface area contributed by atoms with Crippen LogP contribution >= 0.6 is 22.7 Å². The molecule has 2 aromatic heterocycles. The van der Waals surface area contributed by atoms with E-state index < -0.39 is 0 Å². The highest BCUT2D eigenvalue weighted by Crippen LogP contribution is 2.56. The zero-order chi connectivity index (χ0) is 25.3. The van der Waals surface area contributed by atoms with E-state index in [2.05, 4.69) is 97.1 Å². The molecule has 0 spiro atoms. The molecule has 6 aromatic rings. The summed E-state index contributed by atoms with van der Waals surface area (Å²) in [6.07, 6.45) is 9.75. The van der Waals surface area contributed by atoms with Gasteiger partial charge < -0.3 is 0 Å². The molecule has 0 radical (unpaired) electrons. The summed E-state index contributed by atoms with van der Waals surface area (Å²) in [5.41, 5.74) is 8.84. The second kappa shape index (κ2) is 10.5. The molecule has 38 heavy (non-hydrogen) atoms. The molecule has 0 fully saturated rings. The van der Waals surface area contributed by atoms with Gasteiger partial charge in [-0.1, -0.05) is 84.9 Å². The van der Waals surface area contributed by atoms with Gasteiger partial charge in [0.05, 0.1) is 0 Å². The molecule has 2 heteroatoms. The lowest BCUT2D eigenvalue weighted by molar-refractivity contribution is 0.740. The monoisotopic (exact) mass is 528 g/mol. The minimum Gasteiger partial charge on any atom is -0.140 e. The normalized spacial score (nSPS) is 12.0. The highest BCUT2D eigenvalue weighted by atomic mass is 32.1. The van der Waals surface area contributed by atoms with Gasteiger partial charge in [0.15, 0.2) is 0 Å². The minimum atomic E-state index is 1.18. The second-order valence-corrected chi connectivity index (χ2v) is 12.9. The van der Waals surface area contributed by atoms with E-state index in [1.165, 1.54) is 115 Å². The molecular weight excluding hydrogens is 497 g/mol. The van der Waals surface area contributed by atoms with E-state index in [4.69, 9.17) is 0 Å². The van der Waals surface area contributed by atoms with Crippen LogP contribution in [0, 0.1) is 0 Å². The number of fused-ring (bicyclic) bond motifs is 8. The van der Waals surface area contributed by atoms with Crippen LogP contribution in [0.2, 0.25) is 0 Å². The van der Waals surface area contributed by atoms with Crippen LogP contribution in [0.5, 0.6) is 0 Å². The van der Waals surface area contributed by atoms with Gasteiger partial charge in [0, 0.05) is 30.3 Å². The van der Waals surface area contributed by atoms with Crippen molar-refractivity contribution in [2.75, 3.05) is 0 Å². The molecule has 1 aliphatic rings. The zero-order valence-electron chi connectivity index (χ0n) is 21.7. The van der Waals surface area contributed by atoms with Gasteiger partial charge in [-0.15, -0.1) is 22.7 Å². The fourth-order valence-corrected chi connectivity index (χ4v) is 8.52. The summed E-state index contributed by atoms with van der Waals surface area (Å²) < 4.78 is 2.98. The summed E-state index contributed by atoms with van der Waals surface area (Å²) in [4.78, 5) is 3.06. The molecule has 2 heterocycles. The largest absolute Gasteiger partial charge is 0.140 e. The highest BCUT2D eigenvalue weighted by molar-refractivity contribution is 7.20. The Morgan fingerprint density at radius 2 is 0.842 bits per heavy atom. The highest BCUT2D eigenvalue weighted by Gasteiger charge is 2.28. The number of benzene rings is 4. The summed E-state index contributed by atoms with van der Waals surface area (Å²) in [5.74, 6) is 0. The molecule has 188 valence electrons. The van der Waals surface area contributed by atoms with Crippen molar-refractivity contribution in [2.24, 2.45) is 0 Å². The Bertz CT molecular complexity index is 1560. The van der Waals surface area contributed by atoms with E-state index in [9.17, 15) is 0 Å². The van der Waals surface area contributed by atoms with Gasteiger partial charge in [0.2, 0.25) is 0 Å². The number of aryl methyl sites for hydroxylation is 4. The molecule has 0 saturated heterocycles. The van der Waals surface area contributed by atoms with E-state index in [-0.39, 0.29) is 0 Å². The molecule has 0 unspecified atom stereocenters. The van der Waals surface area contributed by atoms with Gasteiger partial charge in [0.1, 0.15) is 0 Å². The van der Waals surface area contributed by atoms with Crippen molar-refractivity contribution in [1.29, 1.82) is 0 Å². The predicted molar refractivity (Wildman–Crippen MR) is 168 cm³/mol. The first-order valence-corrected chi connectivity index (χ1v) is 15.7. The summed E-state index contributed by atoms with van der Waals surface area (Å²) in [6, 6.07) is 36.1. The van der Waals surface area contributed by atoms with E-state index >= 15 is 0 Å². The minimum absolute atomic E-state index is 1.18. The first-order valence-electron chi connectivity index (χ1n) is 14.0. The lowest BCUT2D eigenvalue weighted by Gasteiger charge is -2.25. The molecule has 0 N–H and O–H groups in total. The third kappa shape index (κ3) is 4.61. The summed E-state index contributed by atoms with van der Waals surface area (Å²) >= 11 is 4.05. The van der Waals surface area contributed by atoms with Crippen molar-refractivity contribution in [3.63, 3.8) is 0 Å². The van der Waals surface area contributed by atoms with Crippen LogP contribution in [0.1, 0.15) is 46.6 Å². The van der Waals surface area contributed by atoms with E-state index in [0.29, 0.717) is 0 Å². The van der Waals surface area contributed by atoms with Crippen LogP contribution in [0.15, 0.2) is 97.1 Å². The number of hydrogen-bond donors (Lipinski definition) is 0. The van der Waals surface area contributed by atoms with Crippen molar-refractivity contribution >= 4 is 42.8 Å². The predicted octanol–water partition coefficient (Wildman–Crippen LogP) is 10.9. The molecule has 0 aliphatic heterocycles. The Balaban J connectivity index is 1.04. The van der Waals surface area contributed by atoms with Crippen LogP contribution in [0.25, 0.3) is 42.4 Å². The van der Waals surface area contributed by atoms with E-state index in [1.54, 1.807) is 0 Å². The topological polar surface area (TPSA) is 0 Å². The second-order valence-electron chi connectivity index (χ2n) is 10.6. The van der Waals surface area contributed by atoms with Gasteiger partial charge >= 0.3 is 0 Å². The third-order valence-corrected chi connectivity index (χ3v) is 10.4. The third-order valence-electron chi connectivity index (χ3n) is 7.98. The Morgan fingerprint density at radius 3 is 1.29 bits per heavy atom. The average molecular weight is 529 g/mol. The van der Waals surface area contributed by atoms with Gasteiger partial charge in [-0.3, -0.25) is 0 Å². The molecule has 4 aromatic carbocycles. The van der Waals surface area contributed by atoms with E-state index in [1.807, 2.05) is 22.7 Å². The molecule has 7 rings (SSSR count). The lowest BCUT2D eigenvalue weighted by atomic mass is 9.79. The van der Waals surface area contributed by atoms with E-state index in [0.717, 1.165) is 0 Å². The molecule has 0 amide bonds. The lowest BCUT2D eigenvalue weighted by Crippen LogP contribution is -1.98. The maximum atomic E-state index is 2.44. The Labute approximate surface area is 233 Å². The molecule has 0 bridgehead atoms. The maximum absolute atomic E-state index is 2.44. The van der Waals surface area contributed by atoms with Gasteiger partial charge in [-0.2, -0.15) is 0 Å². The maximum Gasteiger partial charge on any atom is 0.0430 e. The smallest absolute Gasteiger partial charge is 0.0430 e. The summed E-state index contributed by atoms with van der Waals surface area (Å²) in [7, 11) is 0. The number of rotatable bonds is 10. The van der Waals surface area contributed by atoms with Crippen LogP contribution in [0.4, 0.5) is 0 Å². The molecule has 0 saturated carbocycles. The van der Waals surface area contributed by atoms with Crippen LogP contribution < -0.4 is 0 Å². The first-order chi connectivity index (χ1) is 18.8. The van der Waals surface area contributed by atoms with Crippen molar-refractivity contribution in [3.8, 4) is 22.3 Å². The molecule has 0 nitrogen and oxygen atoms in total. The standard InChI is InChI=1S/C36H32S2/c1-3-11-25(12-4-1)15-7-9-17-29-23-27-19-21-31-33(35(27)37-29)32-22-20-28-24-30(38-36(28)34(31)32)18-10-8-16-26-13-5-2-6-14-26/h1-6,11-14,19-24H,7-10,15-18H2. The fraction of sp³-hybridized carbons (Fsp3) is 0.222. The summed E-state index contributed by atoms with van der Waals surface area (Å²) in [6.45, 7) is 0. The fourth-order valence-electron chi connectivity index (χ4n) is 5.99. The number of unbranched alkanes of at least 4 members (excludes halogenated alkanes) is 2.